The third-order valence-electron chi connectivity index (χ3n) is 6.69. The number of piperidine rings is 1. The van der Waals surface area contributed by atoms with Crippen molar-refractivity contribution in [2.24, 2.45) is 21.6 Å². The van der Waals surface area contributed by atoms with E-state index in [4.69, 9.17) is 5.73 Å². The number of carbonyl (C=O) groups excluding carboxylic acids is 2. The Hall–Kier alpha value is -1.90. The molecule has 0 bridgehead atoms. The number of halogens is 2. The average Bonchev–Trinajstić information content (AvgIpc) is 2.71. The van der Waals surface area contributed by atoms with Crippen LogP contribution in [-0.4, -0.2) is 65.4 Å². The average molecular weight is 470 g/mol. The zero-order valence-corrected chi connectivity index (χ0v) is 20.6. The Kier molecular flexibility index (Phi) is 9.94. The zero-order chi connectivity index (χ0) is 24.6. The molecule has 2 aliphatic rings. The number of rotatable bonds is 11. The van der Waals surface area contributed by atoms with Gasteiger partial charge in [0.15, 0.2) is 0 Å². The van der Waals surface area contributed by atoms with Crippen molar-refractivity contribution in [1.82, 2.24) is 10.2 Å². The predicted molar refractivity (Wildman–Crippen MR) is 128 cm³/mol. The van der Waals surface area contributed by atoms with Crippen molar-refractivity contribution in [2.45, 2.75) is 109 Å². The molecule has 1 aliphatic carbocycles. The lowest BCUT2D eigenvalue weighted by atomic mass is 9.80. The lowest BCUT2D eigenvalue weighted by Gasteiger charge is -2.39. The van der Waals surface area contributed by atoms with Crippen LogP contribution in [0.25, 0.3) is 0 Å². The maximum atomic E-state index is 13.0. The number of amides is 2. The van der Waals surface area contributed by atoms with Gasteiger partial charge in [-0.2, -0.15) is 0 Å². The van der Waals surface area contributed by atoms with Crippen molar-refractivity contribution in [1.29, 1.82) is 0 Å². The molecule has 2 rings (SSSR count). The summed E-state index contributed by atoms with van der Waals surface area (Å²) in [4.78, 5) is 35.0. The Bertz CT molecular complexity index is 722. The van der Waals surface area contributed by atoms with Crippen molar-refractivity contribution in [3.05, 3.63) is 0 Å². The van der Waals surface area contributed by atoms with Gasteiger partial charge < -0.3 is 16.0 Å². The largest absolute Gasteiger partial charge is 0.353 e. The Morgan fingerprint density at radius 3 is 2.42 bits per heavy atom. The third kappa shape index (κ3) is 9.10. The predicted octanol–water partition coefficient (Wildman–Crippen LogP) is 3.70. The normalized spacial score (nSPS) is 21.8. The minimum Gasteiger partial charge on any atom is -0.353 e. The van der Waals surface area contributed by atoms with Gasteiger partial charge in [0.1, 0.15) is 6.34 Å². The lowest BCUT2D eigenvalue weighted by molar-refractivity contribution is -0.150. The second-order valence-corrected chi connectivity index (χ2v) is 10.1. The monoisotopic (exact) mass is 469 g/mol. The van der Waals surface area contributed by atoms with Crippen molar-refractivity contribution in [2.75, 3.05) is 13.1 Å². The number of alkyl halides is 2. The van der Waals surface area contributed by atoms with E-state index in [1.807, 2.05) is 32.6 Å². The third-order valence-corrected chi connectivity index (χ3v) is 6.69. The molecular formula is C24H41F2N5O2. The van der Waals surface area contributed by atoms with Crippen LogP contribution in [0.15, 0.2) is 9.98 Å². The zero-order valence-electron chi connectivity index (χ0n) is 20.6. The molecule has 2 fully saturated rings. The highest BCUT2D eigenvalue weighted by molar-refractivity contribution is 6.02. The molecule has 1 saturated heterocycles. The van der Waals surface area contributed by atoms with E-state index >= 15 is 0 Å². The van der Waals surface area contributed by atoms with Crippen molar-refractivity contribution in [3.8, 4) is 0 Å². The molecule has 1 aliphatic heterocycles. The molecular weight excluding hydrogens is 428 g/mol. The molecule has 0 aromatic carbocycles. The highest BCUT2D eigenvalue weighted by atomic mass is 19.3. The van der Waals surface area contributed by atoms with Gasteiger partial charge in [-0.1, -0.05) is 6.92 Å². The summed E-state index contributed by atoms with van der Waals surface area (Å²) >= 11 is 0. The molecule has 1 saturated carbocycles. The van der Waals surface area contributed by atoms with E-state index in [1.54, 1.807) is 0 Å². The summed E-state index contributed by atoms with van der Waals surface area (Å²) < 4.78 is 26.0. The highest BCUT2D eigenvalue weighted by Crippen LogP contribution is 2.42. The van der Waals surface area contributed by atoms with Gasteiger partial charge in [-0.3, -0.25) is 14.6 Å². The summed E-state index contributed by atoms with van der Waals surface area (Å²) in [7, 11) is 0. The fourth-order valence-corrected chi connectivity index (χ4v) is 4.34. The Morgan fingerprint density at radius 1 is 1.24 bits per heavy atom. The second kappa shape index (κ2) is 12.0. The van der Waals surface area contributed by atoms with Gasteiger partial charge in [0, 0.05) is 55.2 Å². The number of hydrogen-bond acceptors (Lipinski definition) is 4. The van der Waals surface area contributed by atoms with E-state index in [-0.39, 0.29) is 48.7 Å². The van der Waals surface area contributed by atoms with Crippen LogP contribution in [0.3, 0.4) is 0 Å². The summed E-state index contributed by atoms with van der Waals surface area (Å²) in [6.45, 7) is 9.02. The number of hydrogen-bond donors (Lipinski definition) is 2. The standard InChI is InChI=1S/C24H41F2N5O2/c1-5-20(30-22(33)19-14-24(25,26)15-19)7-6-8-23(27)9-11-31(12-10-23)21(32)13-18(4)29-16-28-17(2)3/h16-17,19-20H,5-15,27H2,1-4H3,(H,30,33). The Labute approximate surface area is 196 Å². The summed E-state index contributed by atoms with van der Waals surface area (Å²) in [6.07, 6.45) is 5.81. The SMILES string of the molecule is CCC(CCCC1(N)CCN(C(=O)CC(C)=NC=NC(C)C)CC1)NC(=O)C1CC(F)(F)C1. The van der Waals surface area contributed by atoms with Crippen LogP contribution in [0.1, 0.15) is 85.5 Å². The Morgan fingerprint density at radius 2 is 1.88 bits per heavy atom. The topological polar surface area (TPSA) is 100 Å². The van der Waals surface area contributed by atoms with Crippen LogP contribution in [0.5, 0.6) is 0 Å². The van der Waals surface area contributed by atoms with Crippen molar-refractivity contribution < 1.29 is 18.4 Å². The first-order chi connectivity index (χ1) is 15.4. The molecule has 1 unspecified atom stereocenters. The quantitative estimate of drug-likeness (QED) is 0.356. The van der Waals surface area contributed by atoms with Gasteiger partial charge in [0.25, 0.3) is 0 Å². The molecule has 0 aromatic rings. The first-order valence-electron chi connectivity index (χ1n) is 12.2. The van der Waals surface area contributed by atoms with Gasteiger partial charge in [-0.15, -0.1) is 0 Å². The molecule has 33 heavy (non-hydrogen) atoms. The molecule has 2 amide bonds. The van der Waals surface area contributed by atoms with Gasteiger partial charge in [0.05, 0.1) is 6.42 Å². The summed E-state index contributed by atoms with van der Waals surface area (Å²) in [5, 5.41) is 2.93. The van der Waals surface area contributed by atoms with Crippen molar-refractivity contribution in [3.63, 3.8) is 0 Å². The second-order valence-electron chi connectivity index (χ2n) is 10.1. The molecule has 1 atom stereocenters. The van der Waals surface area contributed by atoms with E-state index in [0.29, 0.717) is 13.1 Å². The van der Waals surface area contributed by atoms with Crippen LogP contribution >= 0.6 is 0 Å². The number of likely N-dealkylation sites (tertiary alicyclic amines) is 1. The van der Waals surface area contributed by atoms with Gasteiger partial charge in [0.2, 0.25) is 17.7 Å². The molecule has 3 N–H and O–H groups in total. The number of nitrogens with two attached hydrogens (primary N) is 1. The van der Waals surface area contributed by atoms with Crippen LogP contribution in [-0.2, 0) is 9.59 Å². The van der Waals surface area contributed by atoms with E-state index in [1.165, 1.54) is 6.34 Å². The summed E-state index contributed by atoms with van der Waals surface area (Å²) in [5.74, 6) is -3.43. The minimum atomic E-state index is -2.68. The van der Waals surface area contributed by atoms with E-state index < -0.39 is 11.8 Å². The molecule has 0 aromatic heterocycles. The molecule has 9 heteroatoms. The van der Waals surface area contributed by atoms with E-state index in [0.717, 1.165) is 44.2 Å². The maximum Gasteiger partial charge on any atom is 0.249 e. The van der Waals surface area contributed by atoms with Gasteiger partial charge in [-0.25, -0.2) is 13.8 Å². The van der Waals surface area contributed by atoms with Crippen molar-refractivity contribution >= 4 is 23.9 Å². The number of carbonyl (C=O) groups is 2. The smallest absolute Gasteiger partial charge is 0.249 e. The van der Waals surface area contributed by atoms with Gasteiger partial charge >= 0.3 is 0 Å². The summed E-state index contributed by atoms with van der Waals surface area (Å²) in [6, 6.07) is 0.162. The highest BCUT2D eigenvalue weighted by Gasteiger charge is 2.48. The van der Waals surface area contributed by atoms with Crippen LogP contribution in [0.4, 0.5) is 8.78 Å². The van der Waals surface area contributed by atoms with E-state index in [9.17, 15) is 18.4 Å². The van der Waals surface area contributed by atoms with Crippen LogP contribution in [0.2, 0.25) is 0 Å². The fourth-order valence-electron chi connectivity index (χ4n) is 4.34. The fraction of sp³-hybridized carbons (Fsp3) is 0.833. The molecule has 0 radical (unpaired) electrons. The van der Waals surface area contributed by atoms with Crippen LogP contribution in [0, 0.1) is 5.92 Å². The van der Waals surface area contributed by atoms with Gasteiger partial charge in [-0.05, 0) is 59.3 Å². The first kappa shape index (κ1) is 27.3. The molecule has 188 valence electrons. The van der Waals surface area contributed by atoms with E-state index in [2.05, 4.69) is 15.3 Å². The number of nitrogens with zero attached hydrogens (tertiary/aromatic N) is 3. The Balaban J connectivity index is 1.70. The molecule has 7 nitrogen and oxygen atoms in total. The first-order valence-corrected chi connectivity index (χ1v) is 12.2. The number of nitrogens with one attached hydrogen (secondary N) is 1. The maximum absolute atomic E-state index is 13.0. The summed E-state index contributed by atoms with van der Waals surface area (Å²) in [5.41, 5.74) is 7.03. The molecule has 0 spiro atoms. The molecule has 1 heterocycles. The number of aliphatic imine (C=N–C) groups is 2. The lowest BCUT2D eigenvalue weighted by Crippen LogP contribution is -2.52. The minimum absolute atomic E-state index is 0.0153. The van der Waals surface area contributed by atoms with Crippen LogP contribution < -0.4 is 11.1 Å².